The van der Waals surface area contributed by atoms with Crippen LogP contribution in [-0.2, 0) is 19.6 Å². The SMILES string of the molecule is Cc1ccc(S(=O)(=O)N2C(=O)CC[C@@H]2C(=O)Nc2ccc3c(c2)OCCO3)cc1. The molecule has 8 nitrogen and oxygen atoms in total. The first-order valence-corrected chi connectivity index (χ1v) is 10.6. The van der Waals surface area contributed by atoms with Crippen molar-refractivity contribution in [1.82, 2.24) is 4.31 Å². The van der Waals surface area contributed by atoms with Crippen LogP contribution in [0.15, 0.2) is 47.4 Å². The molecule has 152 valence electrons. The zero-order valence-corrected chi connectivity index (χ0v) is 16.6. The molecule has 0 aromatic heterocycles. The molecule has 9 heteroatoms. The van der Waals surface area contributed by atoms with Crippen LogP contribution in [0.4, 0.5) is 5.69 Å². The average molecular weight is 416 g/mol. The van der Waals surface area contributed by atoms with E-state index in [9.17, 15) is 18.0 Å². The number of sulfonamides is 1. The molecule has 0 unspecified atom stereocenters. The molecule has 2 heterocycles. The van der Waals surface area contributed by atoms with Crippen LogP contribution >= 0.6 is 0 Å². The predicted octanol–water partition coefficient (Wildman–Crippen LogP) is 2.08. The third kappa shape index (κ3) is 3.65. The van der Waals surface area contributed by atoms with Gasteiger partial charge in [0.1, 0.15) is 19.3 Å². The maximum Gasteiger partial charge on any atom is 0.267 e. The Morgan fingerprint density at radius 1 is 1.07 bits per heavy atom. The standard InChI is InChI=1S/C20H20N2O6S/c1-13-2-5-15(6-3-13)29(25,26)22-16(7-9-19(22)23)20(24)21-14-4-8-17-18(12-14)28-11-10-27-17/h2-6,8,12,16H,7,9-11H2,1H3,(H,21,24)/t16-/m1/s1. The Kier molecular flexibility index (Phi) is 4.91. The number of carbonyl (C=O) groups excluding carboxylic acids is 2. The van der Waals surface area contributed by atoms with Gasteiger partial charge in [0.2, 0.25) is 11.8 Å². The van der Waals surface area contributed by atoms with Gasteiger partial charge in [-0.15, -0.1) is 0 Å². The second kappa shape index (κ2) is 7.40. The third-order valence-corrected chi connectivity index (χ3v) is 6.69. The summed E-state index contributed by atoms with van der Waals surface area (Å²) in [6, 6.07) is 9.99. The van der Waals surface area contributed by atoms with Crippen molar-refractivity contribution >= 4 is 27.5 Å². The quantitative estimate of drug-likeness (QED) is 0.819. The lowest BCUT2D eigenvalue weighted by molar-refractivity contribution is -0.128. The van der Waals surface area contributed by atoms with E-state index in [4.69, 9.17) is 9.47 Å². The number of ether oxygens (including phenoxy) is 2. The minimum Gasteiger partial charge on any atom is -0.486 e. The van der Waals surface area contributed by atoms with Gasteiger partial charge in [0.05, 0.1) is 4.90 Å². The first kappa shape index (κ1) is 19.3. The number of carbonyl (C=O) groups is 2. The van der Waals surface area contributed by atoms with Crippen molar-refractivity contribution in [2.24, 2.45) is 0 Å². The summed E-state index contributed by atoms with van der Waals surface area (Å²) in [4.78, 5) is 25.2. The number of rotatable bonds is 4. The van der Waals surface area contributed by atoms with Crippen molar-refractivity contribution in [3.05, 3.63) is 48.0 Å². The average Bonchev–Trinajstić information content (AvgIpc) is 3.11. The lowest BCUT2D eigenvalue weighted by atomic mass is 10.2. The second-order valence-electron chi connectivity index (χ2n) is 6.91. The molecule has 1 atom stereocenters. The smallest absolute Gasteiger partial charge is 0.267 e. The summed E-state index contributed by atoms with van der Waals surface area (Å²) in [6.45, 7) is 2.69. The summed E-state index contributed by atoms with van der Waals surface area (Å²) in [7, 11) is -4.13. The number of hydrogen-bond acceptors (Lipinski definition) is 6. The number of benzene rings is 2. The van der Waals surface area contributed by atoms with E-state index >= 15 is 0 Å². The molecule has 29 heavy (non-hydrogen) atoms. The zero-order chi connectivity index (χ0) is 20.6. The van der Waals surface area contributed by atoms with Crippen LogP contribution in [0.1, 0.15) is 18.4 Å². The highest BCUT2D eigenvalue weighted by atomic mass is 32.2. The fourth-order valence-electron chi connectivity index (χ4n) is 3.37. The number of nitrogens with one attached hydrogen (secondary N) is 1. The van der Waals surface area contributed by atoms with E-state index in [1.54, 1.807) is 30.3 Å². The Bertz CT molecular complexity index is 1060. The van der Waals surface area contributed by atoms with Crippen LogP contribution in [0.5, 0.6) is 11.5 Å². The van der Waals surface area contributed by atoms with E-state index in [1.807, 2.05) is 6.92 Å². The molecule has 0 aliphatic carbocycles. The molecule has 2 aliphatic rings. The number of aryl methyl sites for hydroxylation is 1. The maximum atomic E-state index is 13.0. The highest BCUT2D eigenvalue weighted by molar-refractivity contribution is 7.89. The van der Waals surface area contributed by atoms with Crippen LogP contribution in [0.3, 0.4) is 0 Å². The van der Waals surface area contributed by atoms with E-state index in [2.05, 4.69) is 5.32 Å². The summed E-state index contributed by atoms with van der Waals surface area (Å²) >= 11 is 0. The van der Waals surface area contributed by atoms with E-state index in [0.29, 0.717) is 34.7 Å². The molecule has 1 saturated heterocycles. The van der Waals surface area contributed by atoms with Gasteiger partial charge in [0, 0.05) is 18.2 Å². The molecule has 0 spiro atoms. The third-order valence-electron chi connectivity index (χ3n) is 4.85. The highest BCUT2D eigenvalue weighted by Crippen LogP contribution is 2.33. The summed E-state index contributed by atoms with van der Waals surface area (Å²) in [5, 5.41) is 2.68. The van der Waals surface area contributed by atoms with Crippen molar-refractivity contribution < 1.29 is 27.5 Å². The van der Waals surface area contributed by atoms with Crippen molar-refractivity contribution in [2.45, 2.75) is 30.7 Å². The van der Waals surface area contributed by atoms with Gasteiger partial charge in [0.15, 0.2) is 11.5 Å². The second-order valence-corrected chi connectivity index (χ2v) is 8.72. The summed E-state index contributed by atoms with van der Waals surface area (Å²) < 4.78 is 37.6. The molecule has 2 amide bonds. The fourth-order valence-corrected chi connectivity index (χ4v) is 4.97. The normalized spacial score (nSPS) is 18.6. The molecule has 0 bridgehead atoms. The lowest BCUT2D eigenvalue weighted by Gasteiger charge is -2.24. The summed E-state index contributed by atoms with van der Waals surface area (Å²) in [5.74, 6) is -0.0781. The van der Waals surface area contributed by atoms with E-state index < -0.39 is 27.9 Å². The number of nitrogens with zero attached hydrogens (tertiary/aromatic N) is 1. The molecule has 4 rings (SSSR count). The minimum absolute atomic E-state index is 0.00961. The molecular formula is C20H20N2O6S. The molecular weight excluding hydrogens is 396 g/mol. The zero-order valence-electron chi connectivity index (χ0n) is 15.8. The van der Waals surface area contributed by atoms with Gasteiger partial charge >= 0.3 is 0 Å². The van der Waals surface area contributed by atoms with Gasteiger partial charge in [-0.3, -0.25) is 9.59 Å². The molecule has 2 aliphatic heterocycles. The first-order valence-electron chi connectivity index (χ1n) is 9.21. The van der Waals surface area contributed by atoms with Gasteiger partial charge in [-0.25, -0.2) is 12.7 Å². The Labute approximate surface area is 168 Å². The lowest BCUT2D eigenvalue weighted by Crippen LogP contribution is -2.45. The number of hydrogen-bond donors (Lipinski definition) is 1. The van der Waals surface area contributed by atoms with E-state index in [-0.39, 0.29) is 17.7 Å². The fraction of sp³-hybridized carbons (Fsp3) is 0.300. The van der Waals surface area contributed by atoms with Crippen molar-refractivity contribution in [3.8, 4) is 11.5 Å². The van der Waals surface area contributed by atoms with Crippen molar-refractivity contribution in [3.63, 3.8) is 0 Å². The van der Waals surface area contributed by atoms with Crippen LogP contribution in [0.25, 0.3) is 0 Å². The Morgan fingerprint density at radius 3 is 2.48 bits per heavy atom. The number of anilines is 1. The van der Waals surface area contributed by atoms with Gasteiger partial charge in [-0.1, -0.05) is 17.7 Å². The van der Waals surface area contributed by atoms with Crippen molar-refractivity contribution in [2.75, 3.05) is 18.5 Å². The summed E-state index contributed by atoms with van der Waals surface area (Å²) in [5.41, 5.74) is 1.33. The molecule has 1 fully saturated rings. The largest absolute Gasteiger partial charge is 0.486 e. The van der Waals surface area contributed by atoms with Crippen molar-refractivity contribution in [1.29, 1.82) is 0 Å². The summed E-state index contributed by atoms with van der Waals surface area (Å²) in [6.07, 6.45) is 0.116. The molecule has 2 aromatic rings. The van der Waals surface area contributed by atoms with Gasteiger partial charge in [-0.05, 0) is 37.6 Å². The number of fused-ring (bicyclic) bond motifs is 1. The van der Waals surface area contributed by atoms with Gasteiger partial charge in [0.25, 0.3) is 10.0 Å². The molecule has 0 saturated carbocycles. The van der Waals surface area contributed by atoms with E-state index in [0.717, 1.165) is 5.56 Å². The van der Waals surface area contributed by atoms with Crippen LogP contribution in [0.2, 0.25) is 0 Å². The van der Waals surface area contributed by atoms with Crippen LogP contribution < -0.4 is 14.8 Å². The predicted molar refractivity (Wildman–Crippen MR) is 104 cm³/mol. The molecule has 0 radical (unpaired) electrons. The molecule has 2 aromatic carbocycles. The van der Waals surface area contributed by atoms with Gasteiger partial charge < -0.3 is 14.8 Å². The Hall–Kier alpha value is -3.07. The maximum absolute atomic E-state index is 13.0. The minimum atomic E-state index is -4.13. The Balaban J connectivity index is 1.57. The van der Waals surface area contributed by atoms with Gasteiger partial charge in [-0.2, -0.15) is 0 Å². The Morgan fingerprint density at radius 2 is 1.76 bits per heavy atom. The number of amides is 2. The van der Waals surface area contributed by atoms with Crippen LogP contribution in [0, 0.1) is 6.92 Å². The monoisotopic (exact) mass is 416 g/mol. The topological polar surface area (TPSA) is 102 Å². The van der Waals surface area contributed by atoms with Crippen LogP contribution in [-0.4, -0.2) is 43.8 Å². The van der Waals surface area contributed by atoms with E-state index in [1.165, 1.54) is 12.1 Å². The molecule has 1 N–H and O–H groups in total. The highest BCUT2D eigenvalue weighted by Gasteiger charge is 2.44. The first-order chi connectivity index (χ1) is 13.9.